The highest BCUT2D eigenvalue weighted by Crippen LogP contribution is 2.46. The molecular formula is C9H16. The lowest BCUT2D eigenvalue weighted by atomic mass is 10.1. The molecule has 0 aliphatic heterocycles. The van der Waals surface area contributed by atoms with E-state index in [0.29, 0.717) is 0 Å². The van der Waals surface area contributed by atoms with E-state index in [-0.39, 0.29) is 0 Å². The van der Waals surface area contributed by atoms with Crippen LogP contribution in [0.4, 0.5) is 0 Å². The summed E-state index contributed by atoms with van der Waals surface area (Å²) >= 11 is 0. The third-order valence-corrected chi connectivity index (χ3v) is 2.42. The molecule has 0 N–H and O–H groups in total. The molecule has 0 aromatic heterocycles. The molecule has 9 heavy (non-hydrogen) atoms. The van der Waals surface area contributed by atoms with Crippen LogP contribution >= 0.6 is 0 Å². The van der Waals surface area contributed by atoms with Gasteiger partial charge in [-0.2, -0.15) is 0 Å². The van der Waals surface area contributed by atoms with Gasteiger partial charge in [-0.3, -0.25) is 0 Å². The summed E-state index contributed by atoms with van der Waals surface area (Å²) in [4.78, 5) is 0. The number of hydrogen-bond acceptors (Lipinski definition) is 0. The van der Waals surface area contributed by atoms with Gasteiger partial charge in [-0.25, -0.2) is 0 Å². The standard InChI is InChI=1S/C9H16/c1-4-5-6-9-7(2)8(9)3/h8-9H,2,4-6H2,1,3H3. The first kappa shape index (κ1) is 6.85. The summed E-state index contributed by atoms with van der Waals surface area (Å²) in [6.45, 7) is 8.51. The number of hydrogen-bond donors (Lipinski definition) is 0. The Balaban J connectivity index is 2.11. The summed E-state index contributed by atoms with van der Waals surface area (Å²) in [5.74, 6) is 1.74. The first-order valence-electron chi connectivity index (χ1n) is 3.96. The van der Waals surface area contributed by atoms with Gasteiger partial charge in [0, 0.05) is 0 Å². The summed E-state index contributed by atoms with van der Waals surface area (Å²) in [5, 5.41) is 0. The van der Waals surface area contributed by atoms with Crippen LogP contribution in [0, 0.1) is 11.8 Å². The molecule has 1 aliphatic carbocycles. The molecule has 0 heterocycles. The van der Waals surface area contributed by atoms with Crippen LogP contribution in [0.2, 0.25) is 0 Å². The van der Waals surface area contributed by atoms with Crippen molar-refractivity contribution < 1.29 is 0 Å². The smallest absolute Gasteiger partial charge is 0.0140 e. The van der Waals surface area contributed by atoms with Crippen LogP contribution in [0.15, 0.2) is 12.2 Å². The third-order valence-electron chi connectivity index (χ3n) is 2.42. The van der Waals surface area contributed by atoms with E-state index in [9.17, 15) is 0 Å². The predicted octanol–water partition coefficient (Wildman–Crippen LogP) is 3.00. The van der Waals surface area contributed by atoms with Crippen LogP contribution in [0.5, 0.6) is 0 Å². The van der Waals surface area contributed by atoms with Gasteiger partial charge in [-0.1, -0.05) is 38.8 Å². The summed E-state index contributed by atoms with van der Waals surface area (Å²) < 4.78 is 0. The molecule has 0 radical (unpaired) electrons. The highest BCUT2D eigenvalue weighted by Gasteiger charge is 2.36. The first-order chi connectivity index (χ1) is 4.27. The van der Waals surface area contributed by atoms with E-state index in [1.54, 1.807) is 0 Å². The van der Waals surface area contributed by atoms with Gasteiger partial charge in [0.15, 0.2) is 0 Å². The minimum absolute atomic E-state index is 0.844. The van der Waals surface area contributed by atoms with Crippen LogP contribution in [0.25, 0.3) is 0 Å². The molecule has 0 spiro atoms. The molecule has 0 aromatic carbocycles. The summed E-state index contributed by atoms with van der Waals surface area (Å²) in [5.41, 5.74) is 1.49. The van der Waals surface area contributed by atoms with E-state index in [0.717, 1.165) is 11.8 Å². The molecular weight excluding hydrogens is 108 g/mol. The van der Waals surface area contributed by atoms with Crippen LogP contribution in [-0.2, 0) is 0 Å². The highest BCUT2D eigenvalue weighted by molar-refractivity contribution is 5.24. The van der Waals surface area contributed by atoms with Crippen molar-refractivity contribution in [1.29, 1.82) is 0 Å². The molecule has 52 valence electrons. The van der Waals surface area contributed by atoms with Crippen molar-refractivity contribution in [3.8, 4) is 0 Å². The quantitative estimate of drug-likeness (QED) is 0.507. The largest absolute Gasteiger partial charge is 0.0993 e. The maximum Gasteiger partial charge on any atom is -0.0140 e. The van der Waals surface area contributed by atoms with Crippen molar-refractivity contribution >= 4 is 0 Å². The maximum absolute atomic E-state index is 3.98. The van der Waals surface area contributed by atoms with Crippen molar-refractivity contribution in [2.24, 2.45) is 11.8 Å². The van der Waals surface area contributed by atoms with Gasteiger partial charge in [0.2, 0.25) is 0 Å². The van der Waals surface area contributed by atoms with Crippen LogP contribution in [0.3, 0.4) is 0 Å². The van der Waals surface area contributed by atoms with Crippen molar-refractivity contribution in [2.45, 2.75) is 33.1 Å². The van der Waals surface area contributed by atoms with Gasteiger partial charge in [0.25, 0.3) is 0 Å². The molecule has 2 atom stereocenters. The van der Waals surface area contributed by atoms with E-state index in [4.69, 9.17) is 0 Å². The maximum atomic E-state index is 3.98. The summed E-state index contributed by atoms with van der Waals surface area (Å²) in [7, 11) is 0. The molecule has 1 fully saturated rings. The predicted molar refractivity (Wildman–Crippen MR) is 41.3 cm³/mol. The first-order valence-corrected chi connectivity index (χ1v) is 3.96. The van der Waals surface area contributed by atoms with Gasteiger partial charge in [0.05, 0.1) is 0 Å². The Morgan fingerprint density at radius 3 is 2.44 bits per heavy atom. The third kappa shape index (κ3) is 1.35. The Bertz CT molecular complexity index is 113. The Morgan fingerprint density at radius 1 is 1.56 bits per heavy atom. The van der Waals surface area contributed by atoms with Gasteiger partial charge in [-0.15, -0.1) is 0 Å². The molecule has 0 bridgehead atoms. The van der Waals surface area contributed by atoms with Crippen molar-refractivity contribution in [3.63, 3.8) is 0 Å². The molecule has 1 rings (SSSR count). The van der Waals surface area contributed by atoms with E-state index >= 15 is 0 Å². The fourth-order valence-corrected chi connectivity index (χ4v) is 1.40. The number of unbranched alkanes of at least 4 members (excludes halogenated alkanes) is 1. The Morgan fingerprint density at radius 2 is 2.11 bits per heavy atom. The Kier molecular flexibility index (Phi) is 1.94. The SMILES string of the molecule is C=C1C(C)C1CCCC. The second-order valence-electron chi connectivity index (χ2n) is 3.11. The van der Waals surface area contributed by atoms with Gasteiger partial charge in [-0.05, 0) is 18.3 Å². The molecule has 0 amide bonds. The van der Waals surface area contributed by atoms with Crippen LogP contribution in [0.1, 0.15) is 33.1 Å². The fourth-order valence-electron chi connectivity index (χ4n) is 1.40. The molecule has 1 aliphatic rings. The Hall–Kier alpha value is -0.260. The zero-order valence-electron chi connectivity index (χ0n) is 6.48. The average molecular weight is 124 g/mol. The fraction of sp³-hybridized carbons (Fsp3) is 0.778. The number of allylic oxidation sites excluding steroid dienone is 1. The molecule has 2 unspecified atom stereocenters. The lowest BCUT2D eigenvalue weighted by Crippen LogP contribution is -1.77. The van der Waals surface area contributed by atoms with E-state index in [1.807, 2.05) is 0 Å². The van der Waals surface area contributed by atoms with E-state index < -0.39 is 0 Å². The normalized spacial score (nSPS) is 32.9. The van der Waals surface area contributed by atoms with Crippen molar-refractivity contribution in [3.05, 3.63) is 12.2 Å². The van der Waals surface area contributed by atoms with Crippen molar-refractivity contribution in [2.75, 3.05) is 0 Å². The summed E-state index contributed by atoms with van der Waals surface area (Å²) in [6.07, 6.45) is 4.10. The summed E-state index contributed by atoms with van der Waals surface area (Å²) in [6, 6.07) is 0. The van der Waals surface area contributed by atoms with Crippen LogP contribution in [-0.4, -0.2) is 0 Å². The van der Waals surface area contributed by atoms with Gasteiger partial charge < -0.3 is 0 Å². The van der Waals surface area contributed by atoms with Gasteiger partial charge >= 0.3 is 0 Å². The average Bonchev–Trinajstić information content (AvgIpc) is 2.39. The van der Waals surface area contributed by atoms with E-state index in [1.165, 1.54) is 24.8 Å². The molecule has 0 aromatic rings. The zero-order valence-corrected chi connectivity index (χ0v) is 6.48. The lowest BCUT2D eigenvalue weighted by molar-refractivity contribution is 0.625. The topological polar surface area (TPSA) is 0 Å². The molecule has 0 heteroatoms. The van der Waals surface area contributed by atoms with E-state index in [2.05, 4.69) is 20.4 Å². The highest BCUT2D eigenvalue weighted by atomic mass is 14.4. The monoisotopic (exact) mass is 124 g/mol. The molecule has 0 nitrogen and oxygen atoms in total. The van der Waals surface area contributed by atoms with Gasteiger partial charge in [0.1, 0.15) is 0 Å². The second kappa shape index (κ2) is 2.55. The number of rotatable bonds is 3. The molecule has 0 saturated heterocycles. The molecule has 1 saturated carbocycles. The van der Waals surface area contributed by atoms with Crippen LogP contribution < -0.4 is 0 Å². The zero-order chi connectivity index (χ0) is 6.85. The second-order valence-corrected chi connectivity index (χ2v) is 3.11. The minimum atomic E-state index is 0.844. The van der Waals surface area contributed by atoms with Crippen molar-refractivity contribution in [1.82, 2.24) is 0 Å². The lowest BCUT2D eigenvalue weighted by Gasteiger charge is -1.90. The minimum Gasteiger partial charge on any atom is -0.0993 e. The Labute approximate surface area is 58.0 Å².